The van der Waals surface area contributed by atoms with Gasteiger partial charge in [-0.25, -0.2) is 0 Å². The predicted molar refractivity (Wildman–Crippen MR) is 59.4 cm³/mol. The molecule has 0 amide bonds. The van der Waals surface area contributed by atoms with Crippen molar-refractivity contribution in [3.8, 4) is 0 Å². The fourth-order valence-electron chi connectivity index (χ4n) is 1.72. The van der Waals surface area contributed by atoms with Crippen molar-refractivity contribution in [3.05, 3.63) is 35.1 Å². The minimum absolute atomic E-state index is 0.0810. The van der Waals surface area contributed by atoms with Gasteiger partial charge in [0.05, 0.1) is 5.92 Å². The third-order valence-electron chi connectivity index (χ3n) is 2.59. The first-order chi connectivity index (χ1) is 7.08. The zero-order chi connectivity index (χ0) is 11.0. The van der Waals surface area contributed by atoms with Crippen molar-refractivity contribution < 1.29 is 9.53 Å². The number of rotatable bonds is 1. The zero-order valence-corrected chi connectivity index (χ0v) is 9.49. The van der Waals surface area contributed by atoms with E-state index in [1.54, 1.807) is 18.2 Å². The van der Waals surface area contributed by atoms with E-state index in [9.17, 15) is 4.79 Å². The second-order valence-electron chi connectivity index (χ2n) is 4.12. The Labute approximate surface area is 94.3 Å². The fourth-order valence-corrected chi connectivity index (χ4v) is 1.92. The van der Waals surface area contributed by atoms with Crippen LogP contribution in [0.1, 0.15) is 13.8 Å². The van der Waals surface area contributed by atoms with Crippen LogP contribution < -0.4 is 0 Å². The first-order valence-corrected chi connectivity index (χ1v) is 5.43. The lowest BCUT2D eigenvalue weighted by atomic mass is 9.89. The summed E-state index contributed by atoms with van der Waals surface area (Å²) in [5.74, 6) is 0.837. The second kappa shape index (κ2) is 3.86. The van der Waals surface area contributed by atoms with Gasteiger partial charge in [-0.15, -0.1) is 0 Å². The molecule has 2 nitrogen and oxygen atoms in total. The van der Waals surface area contributed by atoms with E-state index in [0.29, 0.717) is 5.03 Å². The quantitative estimate of drug-likeness (QED) is 0.685. The largest absolute Gasteiger partial charge is 0.489 e. The van der Waals surface area contributed by atoms with Gasteiger partial charge in [-0.05, 0) is 12.2 Å². The molecule has 0 N–H and O–H groups in total. The summed E-state index contributed by atoms with van der Waals surface area (Å²) < 4.78 is 5.72. The molecular weight excluding hydrogens is 212 g/mol. The van der Waals surface area contributed by atoms with Gasteiger partial charge < -0.3 is 4.74 Å². The fraction of sp³-hybridized carbons (Fsp3) is 0.417. The van der Waals surface area contributed by atoms with Gasteiger partial charge in [-0.2, -0.15) is 0 Å². The Bertz CT molecular complexity index is 377. The van der Waals surface area contributed by atoms with Crippen LogP contribution in [0.2, 0.25) is 0 Å². The van der Waals surface area contributed by atoms with E-state index in [1.165, 1.54) is 0 Å². The Morgan fingerprint density at radius 1 is 1.47 bits per heavy atom. The lowest BCUT2D eigenvalue weighted by molar-refractivity contribution is -0.121. The van der Waals surface area contributed by atoms with Crippen molar-refractivity contribution in [1.82, 2.24) is 0 Å². The maximum absolute atomic E-state index is 11.8. The highest BCUT2D eigenvalue weighted by Gasteiger charge is 2.32. The summed E-state index contributed by atoms with van der Waals surface area (Å²) in [4.78, 5) is 11.8. The number of fused-ring (bicyclic) bond motifs is 1. The van der Waals surface area contributed by atoms with Crippen molar-refractivity contribution in [1.29, 1.82) is 0 Å². The molecule has 15 heavy (non-hydrogen) atoms. The molecule has 2 rings (SSSR count). The molecule has 1 aliphatic carbocycles. The van der Waals surface area contributed by atoms with Crippen LogP contribution in [0.15, 0.2) is 35.1 Å². The molecule has 0 aromatic rings. The topological polar surface area (TPSA) is 26.3 Å². The van der Waals surface area contributed by atoms with E-state index in [-0.39, 0.29) is 23.7 Å². The predicted octanol–water partition coefficient (Wildman–Crippen LogP) is 2.80. The van der Waals surface area contributed by atoms with Crippen LogP contribution in [0.5, 0.6) is 0 Å². The molecule has 0 fully saturated rings. The van der Waals surface area contributed by atoms with E-state index in [0.717, 1.165) is 5.76 Å². The maximum Gasteiger partial charge on any atom is 0.169 e. The number of ether oxygens (including phenoxy) is 1. The van der Waals surface area contributed by atoms with Gasteiger partial charge in [0.2, 0.25) is 0 Å². The minimum atomic E-state index is -0.245. The number of hydrogen-bond acceptors (Lipinski definition) is 2. The molecule has 3 heteroatoms. The maximum atomic E-state index is 11.8. The number of halogens is 1. The molecule has 0 aromatic heterocycles. The first-order valence-electron chi connectivity index (χ1n) is 5.05. The van der Waals surface area contributed by atoms with E-state index in [1.807, 2.05) is 19.9 Å². The van der Waals surface area contributed by atoms with Gasteiger partial charge in [-0.3, -0.25) is 4.79 Å². The van der Waals surface area contributed by atoms with E-state index < -0.39 is 0 Å². The third kappa shape index (κ3) is 2.00. The number of hydrogen-bond donors (Lipinski definition) is 0. The molecule has 0 bridgehead atoms. The molecule has 2 atom stereocenters. The van der Waals surface area contributed by atoms with Crippen LogP contribution in [0, 0.1) is 11.8 Å². The molecular formula is C12H13ClO2. The average Bonchev–Trinajstić information content (AvgIpc) is 2.18. The Balaban J connectivity index is 2.29. The zero-order valence-electron chi connectivity index (χ0n) is 8.74. The summed E-state index contributed by atoms with van der Waals surface area (Å²) in [5.41, 5.74) is 0. The van der Waals surface area contributed by atoms with E-state index in [4.69, 9.17) is 16.3 Å². The summed E-state index contributed by atoms with van der Waals surface area (Å²) in [6.07, 6.45) is 6.79. The molecule has 2 unspecified atom stereocenters. The number of ketones is 1. The van der Waals surface area contributed by atoms with E-state index in [2.05, 4.69) is 0 Å². The van der Waals surface area contributed by atoms with Crippen molar-refractivity contribution in [2.75, 3.05) is 0 Å². The van der Waals surface area contributed by atoms with Crippen molar-refractivity contribution >= 4 is 17.4 Å². The van der Waals surface area contributed by atoms with Gasteiger partial charge in [0.1, 0.15) is 11.9 Å². The highest BCUT2D eigenvalue weighted by molar-refractivity contribution is 6.31. The Morgan fingerprint density at radius 3 is 2.87 bits per heavy atom. The highest BCUT2D eigenvalue weighted by atomic mass is 35.5. The minimum Gasteiger partial charge on any atom is -0.489 e. The lowest BCUT2D eigenvalue weighted by Gasteiger charge is -2.30. The Kier molecular flexibility index (Phi) is 2.70. The SMILES string of the molecule is CC(C)C1=CC(=O)C2C=C(Cl)C=CC2O1. The van der Waals surface area contributed by atoms with Crippen LogP contribution in [0.3, 0.4) is 0 Å². The molecule has 2 aliphatic rings. The highest BCUT2D eigenvalue weighted by Crippen LogP contribution is 2.30. The van der Waals surface area contributed by atoms with Crippen molar-refractivity contribution in [3.63, 3.8) is 0 Å². The summed E-state index contributed by atoms with van der Waals surface area (Å²) in [5, 5.41) is 0.606. The first kappa shape index (κ1) is 10.5. The van der Waals surface area contributed by atoms with Crippen molar-refractivity contribution in [2.24, 2.45) is 11.8 Å². The Morgan fingerprint density at radius 2 is 2.20 bits per heavy atom. The third-order valence-corrected chi connectivity index (χ3v) is 2.84. The van der Waals surface area contributed by atoms with Gasteiger partial charge in [0, 0.05) is 17.0 Å². The molecule has 0 radical (unpaired) electrons. The normalized spacial score (nSPS) is 29.5. The van der Waals surface area contributed by atoms with E-state index >= 15 is 0 Å². The monoisotopic (exact) mass is 224 g/mol. The molecule has 1 aliphatic heterocycles. The molecule has 1 heterocycles. The van der Waals surface area contributed by atoms with Crippen LogP contribution >= 0.6 is 11.6 Å². The van der Waals surface area contributed by atoms with Gasteiger partial charge in [-0.1, -0.05) is 31.5 Å². The second-order valence-corrected chi connectivity index (χ2v) is 4.56. The summed E-state index contributed by atoms with van der Waals surface area (Å²) in [7, 11) is 0. The number of allylic oxidation sites excluding steroid dienone is 4. The molecule has 80 valence electrons. The number of carbonyl (C=O) groups is 1. The van der Waals surface area contributed by atoms with Crippen LogP contribution in [0.4, 0.5) is 0 Å². The molecule has 0 spiro atoms. The van der Waals surface area contributed by atoms with Gasteiger partial charge >= 0.3 is 0 Å². The van der Waals surface area contributed by atoms with Crippen LogP contribution in [-0.4, -0.2) is 11.9 Å². The van der Waals surface area contributed by atoms with Gasteiger partial charge in [0.15, 0.2) is 5.78 Å². The summed E-state index contributed by atoms with van der Waals surface area (Å²) in [6.45, 7) is 4.02. The average molecular weight is 225 g/mol. The summed E-state index contributed by atoms with van der Waals surface area (Å²) >= 11 is 5.85. The van der Waals surface area contributed by atoms with Crippen LogP contribution in [-0.2, 0) is 9.53 Å². The molecule has 0 saturated carbocycles. The van der Waals surface area contributed by atoms with Crippen LogP contribution in [0.25, 0.3) is 0 Å². The smallest absolute Gasteiger partial charge is 0.169 e. The van der Waals surface area contributed by atoms with Crippen molar-refractivity contribution in [2.45, 2.75) is 20.0 Å². The standard InChI is InChI=1S/C12H13ClO2/c1-7(2)12-6-10(14)9-5-8(13)3-4-11(9)15-12/h3-7,9,11H,1-2H3. The van der Waals surface area contributed by atoms with Gasteiger partial charge in [0.25, 0.3) is 0 Å². The summed E-state index contributed by atoms with van der Waals surface area (Å²) in [6, 6.07) is 0. The molecule has 0 saturated heterocycles. The lowest BCUT2D eigenvalue weighted by Crippen LogP contribution is -2.33. The number of carbonyl (C=O) groups excluding carboxylic acids is 1. The Hall–Kier alpha value is -1.02. The molecule has 0 aromatic carbocycles.